The third kappa shape index (κ3) is 6.10. The summed E-state index contributed by atoms with van der Waals surface area (Å²) >= 11 is 2.32. The Bertz CT molecular complexity index is 394. The highest BCUT2D eigenvalue weighted by molar-refractivity contribution is 14.1. The largest absolute Gasteiger partial charge is 0.507 e. The van der Waals surface area contributed by atoms with Gasteiger partial charge in [0.05, 0.1) is 0 Å². The molecule has 1 aromatic carbocycles. The van der Waals surface area contributed by atoms with Crippen LogP contribution in [0.4, 0.5) is 0 Å². The first-order valence-corrected chi connectivity index (χ1v) is 7.98. The van der Waals surface area contributed by atoms with Gasteiger partial charge in [0.25, 0.3) is 0 Å². The molecule has 0 aliphatic heterocycles. The van der Waals surface area contributed by atoms with Gasteiger partial charge in [0.2, 0.25) is 0 Å². The summed E-state index contributed by atoms with van der Waals surface area (Å²) in [4.78, 5) is 2.18. The maximum absolute atomic E-state index is 10.2. The van der Waals surface area contributed by atoms with Crippen LogP contribution in [0.2, 0.25) is 0 Å². The van der Waals surface area contributed by atoms with Crippen molar-refractivity contribution in [2.75, 3.05) is 27.2 Å². The van der Waals surface area contributed by atoms with Crippen LogP contribution in [-0.4, -0.2) is 37.2 Å². The van der Waals surface area contributed by atoms with Crippen molar-refractivity contribution in [1.82, 2.24) is 10.2 Å². The maximum atomic E-state index is 10.2. The van der Waals surface area contributed by atoms with E-state index in [1.807, 2.05) is 0 Å². The van der Waals surface area contributed by atoms with Gasteiger partial charge in [0, 0.05) is 15.7 Å². The highest BCUT2D eigenvalue weighted by atomic mass is 127. The fourth-order valence-corrected chi connectivity index (χ4v) is 2.81. The molecule has 0 amide bonds. The zero-order chi connectivity index (χ0) is 14.3. The van der Waals surface area contributed by atoms with E-state index in [0.29, 0.717) is 5.75 Å². The molecule has 3 nitrogen and oxygen atoms in total. The predicted octanol–water partition coefficient (Wildman–Crippen LogP) is 2.99. The number of nitrogens with zero attached hydrogens (tertiary/aromatic N) is 1. The molecule has 2 N–H and O–H groups in total. The molecule has 0 spiro atoms. The molecular weight excluding hydrogens is 351 g/mol. The standard InChI is InChI=1S/C15H25IN2O/c1-4-6-12-9-14(16)10-13(15(12)19)11-17-7-5-8-18(2)3/h9-10,17,19H,4-8,11H2,1-3H3. The Hall–Kier alpha value is -0.330. The molecule has 0 aromatic heterocycles. The maximum Gasteiger partial charge on any atom is 0.123 e. The monoisotopic (exact) mass is 376 g/mol. The SMILES string of the molecule is CCCc1cc(I)cc(CNCCCN(C)C)c1O. The second-order valence-electron chi connectivity index (χ2n) is 5.16. The van der Waals surface area contributed by atoms with Crippen molar-refractivity contribution >= 4 is 22.6 Å². The smallest absolute Gasteiger partial charge is 0.123 e. The van der Waals surface area contributed by atoms with Crippen LogP contribution >= 0.6 is 22.6 Å². The molecule has 0 bridgehead atoms. The average Bonchev–Trinajstić information content (AvgIpc) is 2.34. The molecule has 4 heteroatoms. The second kappa shape index (κ2) is 8.76. The van der Waals surface area contributed by atoms with Gasteiger partial charge in [0.15, 0.2) is 0 Å². The summed E-state index contributed by atoms with van der Waals surface area (Å²) in [7, 11) is 4.17. The first-order chi connectivity index (χ1) is 9.04. The van der Waals surface area contributed by atoms with Gasteiger partial charge in [-0.15, -0.1) is 0 Å². The Morgan fingerprint density at radius 2 is 1.95 bits per heavy atom. The number of hydrogen-bond acceptors (Lipinski definition) is 3. The van der Waals surface area contributed by atoms with Gasteiger partial charge in [0.1, 0.15) is 5.75 Å². The zero-order valence-corrected chi connectivity index (χ0v) is 14.3. The van der Waals surface area contributed by atoms with Crippen LogP contribution in [0.1, 0.15) is 30.9 Å². The summed E-state index contributed by atoms with van der Waals surface area (Å²) in [5, 5.41) is 13.6. The Morgan fingerprint density at radius 3 is 2.58 bits per heavy atom. The lowest BCUT2D eigenvalue weighted by Crippen LogP contribution is -2.21. The lowest BCUT2D eigenvalue weighted by atomic mass is 10.0. The van der Waals surface area contributed by atoms with Crippen LogP contribution in [0.15, 0.2) is 12.1 Å². The fourth-order valence-electron chi connectivity index (χ4n) is 2.06. The minimum atomic E-state index is 0.474. The molecule has 0 saturated heterocycles. The summed E-state index contributed by atoms with van der Waals surface area (Å²) in [6.45, 7) is 4.95. The minimum Gasteiger partial charge on any atom is -0.507 e. The number of aromatic hydroxyl groups is 1. The van der Waals surface area contributed by atoms with E-state index in [1.54, 1.807) is 0 Å². The molecule has 1 aromatic rings. The van der Waals surface area contributed by atoms with Gasteiger partial charge in [-0.25, -0.2) is 0 Å². The van der Waals surface area contributed by atoms with E-state index < -0.39 is 0 Å². The summed E-state index contributed by atoms with van der Waals surface area (Å²) in [6.07, 6.45) is 3.12. The quantitative estimate of drug-likeness (QED) is 0.541. The third-order valence-electron chi connectivity index (χ3n) is 3.03. The molecule has 0 radical (unpaired) electrons. The lowest BCUT2D eigenvalue weighted by molar-refractivity contribution is 0.393. The van der Waals surface area contributed by atoms with E-state index >= 15 is 0 Å². The topological polar surface area (TPSA) is 35.5 Å². The molecule has 0 saturated carbocycles. The summed E-state index contributed by atoms with van der Waals surface area (Å²) in [5.74, 6) is 0.474. The number of aryl methyl sites for hydroxylation is 1. The van der Waals surface area contributed by atoms with Crippen molar-refractivity contribution in [2.45, 2.75) is 32.7 Å². The normalized spacial score (nSPS) is 11.2. The van der Waals surface area contributed by atoms with Crippen LogP contribution in [0.3, 0.4) is 0 Å². The van der Waals surface area contributed by atoms with Crippen molar-refractivity contribution in [3.05, 3.63) is 26.8 Å². The molecule has 0 unspecified atom stereocenters. The Morgan fingerprint density at radius 1 is 1.26 bits per heavy atom. The number of halogens is 1. The van der Waals surface area contributed by atoms with Gasteiger partial charge in [-0.1, -0.05) is 13.3 Å². The molecule has 0 atom stereocenters. The first-order valence-electron chi connectivity index (χ1n) is 6.90. The molecule has 0 aliphatic carbocycles. The van der Waals surface area contributed by atoms with Gasteiger partial charge >= 0.3 is 0 Å². The van der Waals surface area contributed by atoms with Gasteiger partial charge in [-0.05, 0) is 80.3 Å². The molecule has 0 aliphatic rings. The summed E-state index contributed by atoms with van der Waals surface area (Å²) in [6, 6.07) is 4.14. The second-order valence-corrected chi connectivity index (χ2v) is 6.40. The van der Waals surface area contributed by atoms with Gasteiger partial charge in [-0.3, -0.25) is 0 Å². The Labute approximate surface area is 130 Å². The number of rotatable bonds is 8. The molecule has 108 valence electrons. The molecule has 0 fully saturated rings. The number of nitrogens with one attached hydrogen (secondary N) is 1. The van der Waals surface area contributed by atoms with Crippen molar-refractivity contribution in [2.24, 2.45) is 0 Å². The van der Waals surface area contributed by atoms with Crippen LogP contribution in [0.25, 0.3) is 0 Å². The van der Waals surface area contributed by atoms with Crippen molar-refractivity contribution in [3.8, 4) is 5.75 Å². The van der Waals surface area contributed by atoms with E-state index in [9.17, 15) is 5.11 Å². The highest BCUT2D eigenvalue weighted by Gasteiger charge is 2.08. The number of hydrogen-bond donors (Lipinski definition) is 2. The number of phenols is 1. The minimum absolute atomic E-state index is 0.474. The molecule has 0 heterocycles. The van der Waals surface area contributed by atoms with Crippen LogP contribution in [-0.2, 0) is 13.0 Å². The van der Waals surface area contributed by atoms with Gasteiger partial charge < -0.3 is 15.3 Å². The molecule has 1 rings (SSSR count). The average molecular weight is 376 g/mol. The van der Waals surface area contributed by atoms with E-state index in [2.05, 4.69) is 66.0 Å². The Balaban J connectivity index is 2.53. The predicted molar refractivity (Wildman–Crippen MR) is 89.7 cm³/mol. The van der Waals surface area contributed by atoms with Crippen LogP contribution < -0.4 is 5.32 Å². The Kier molecular flexibility index (Phi) is 7.71. The van der Waals surface area contributed by atoms with Crippen LogP contribution in [0, 0.1) is 3.57 Å². The highest BCUT2D eigenvalue weighted by Crippen LogP contribution is 2.26. The summed E-state index contributed by atoms with van der Waals surface area (Å²) < 4.78 is 1.20. The van der Waals surface area contributed by atoms with E-state index in [0.717, 1.165) is 50.0 Å². The third-order valence-corrected chi connectivity index (χ3v) is 3.65. The van der Waals surface area contributed by atoms with Crippen molar-refractivity contribution in [3.63, 3.8) is 0 Å². The number of benzene rings is 1. The van der Waals surface area contributed by atoms with Crippen LogP contribution in [0.5, 0.6) is 5.75 Å². The zero-order valence-electron chi connectivity index (χ0n) is 12.2. The lowest BCUT2D eigenvalue weighted by Gasteiger charge is -2.13. The van der Waals surface area contributed by atoms with E-state index in [-0.39, 0.29) is 0 Å². The van der Waals surface area contributed by atoms with E-state index in [4.69, 9.17) is 0 Å². The number of phenolic OH excluding ortho intramolecular Hbond substituents is 1. The fraction of sp³-hybridized carbons (Fsp3) is 0.600. The van der Waals surface area contributed by atoms with Gasteiger partial charge in [-0.2, -0.15) is 0 Å². The van der Waals surface area contributed by atoms with Crippen molar-refractivity contribution in [1.29, 1.82) is 0 Å². The molecule has 19 heavy (non-hydrogen) atoms. The molecular formula is C15H25IN2O. The van der Waals surface area contributed by atoms with E-state index in [1.165, 1.54) is 3.57 Å². The first kappa shape index (κ1) is 16.7. The van der Waals surface area contributed by atoms with Crippen molar-refractivity contribution < 1.29 is 5.11 Å². The summed E-state index contributed by atoms with van der Waals surface area (Å²) in [5.41, 5.74) is 2.08.